The van der Waals surface area contributed by atoms with E-state index in [0.717, 1.165) is 12.0 Å². The highest BCUT2D eigenvalue weighted by Gasteiger charge is 2.04. The highest BCUT2D eigenvalue weighted by molar-refractivity contribution is 7.80. The lowest BCUT2D eigenvalue weighted by Crippen LogP contribution is -2.08. The zero-order valence-corrected chi connectivity index (χ0v) is 9.88. The summed E-state index contributed by atoms with van der Waals surface area (Å²) >= 11 is 4.91. The molecule has 1 rings (SSSR count). The van der Waals surface area contributed by atoms with Gasteiger partial charge in [0.1, 0.15) is 0 Å². The molecule has 0 unspecified atom stereocenters. The van der Waals surface area contributed by atoms with E-state index in [2.05, 4.69) is 10.3 Å². The van der Waals surface area contributed by atoms with E-state index in [0.29, 0.717) is 11.5 Å². The fourth-order valence-corrected chi connectivity index (χ4v) is 1.32. The van der Waals surface area contributed by atoms with Gasteiger partial charge < -0.3 is 20.5 Å². The van der Waals surface area contributed by atoms with E-state index < -0.39 is 0 Å². The Morgan fingerprint density at radius 3 is 2.62 bits per heavy atom. The number of benzene rings is 1. The Morgan fingerprint density at radius 2 is 2.06 bits per heavy atom. The second kappa shape index (κ2) is 5.92. The van der Waals surface area contributed by atoms with Crippen LogP contribution in [-0.4, -0.2) is 25.7 Å². The summed E-state index contributed by atoms with van der Waals surface area (Å²) in [6, 6.07) is 5.34. The van der Waals surface area contributed by atoms with E-state index in [1.54, 1.807) is 32.4 Å². The predicted molar refractivity (Wildman–Crippen MR) is 68.4 cm³/mol. The Kier molecular flexibility index (Phi) is 4.53. The maximum atomic E-state index is 5.15. The van der Waals surface area contributed by atoms with Gasteiger partial charge in [0.25, 0.3) is 0 Å². The molecule has 0 aliphatic rings. The van der Waals surface area contributed by atoms with Gasteiger partial charge in [0.15, 0.2) is 16.6 Å². The van der Waals surface area contributed by atoms with E-state index in [-0.39, 0.29) is 5.11 Å². The number of nitrogens with two attached hydrogens (primary N) is 1. The predicted octanol–water partition coefficient (Wildman–Crippen LogP) is 1.39. The molecule has 0 amide bonds. The number of thiocarbonyl (C=S) groups is 1. The lowest BCUT2D eigenvalue weighted by Gasteiger charge is -2.10. The maximum Gasteiger partial charge on any atom is 0.198 e. The highest BCUT2D eigenvalue weighted by Crippen LogP contribution is 2.29. The van der Waals surface area contributed by atoms with Crippen molar-refractivity contribution in [3.8, 4) is 11.5 Å². The third-order valence-electron chi connectivity index (χ3n) is 1.83. The van der Waals surface area contributed by atoms with Crippen molar-refractivity contribution in [3.63, 3.8) is 0 Å². The lowest BCUT2D eigenvalue weighted by molar-refractivity contribution is 0.355. The number of hydrogen-bond donors (Lipinski definition) is 2. The quantitative estimate of drug-likeness (QED) is 0.474. The van der Waals surface area contributed by atoms with E-state index >= 15 is 0 Å². The number of nitrogens with one attached hydrogen (secondary N) is 1. The lowest BCUT2D eigenvalue weighted by atomic mass is 10.3. The fourth-order valence-electron chi connectivity index (χ4n) is 1.14. The molecule has 0 saturated heterocycles. The average Bonchev–Trinajstić information content (AvgIpc) is 2.29. The van der Waals surface area contributed by atoms with Crippen molar-refractivity contribution >= 4 is 29.4 Å². The topological polar surface area (TPSA) is 68.9 Å². The number of rotatable bonds is 3. The van der Waals surface area contributed by atoms with Gasteiger partial charge >= 0.3 is 0 Å². The average molecular weight is 239 g/mol. The van der Waals surface area contributed by atoms with Gasteiger partial charge in [-0.05, 0) is 24.4 Å². The first-order chi connectivity index (χ1) is 7.71. The van der Waals surface area contributed by atoms with Gasteiger partial charge in [-0.15, -0.1) is 0 Å². The van der Waals surface area contributed by atoms with Crippen LogP contribution in [0, 0.1) is 0 Å². The van der Waals surface area contributed by atoms with Crippen LogP contribution in [0.2, 0.25) is 0 Å². The normalized spacial score (nSPS) is 10.1. The van der Waals surface area contributed by atoms with Crippen LogP contribution in [0.1, 0.15) is 0 Å². The second-order valence-corrected chi connectivity index (χ2v) is 3.16. The Bertz CT molecular complexity index is 407. The number of aliphatic imine (C=N–C) groups is 1. The van der Waals surface area contributed by atoms with Gasteiger partial charge in [0.2, 0.25) is 0 Å². The van der Waals surface area contributed by atoms with Crippen LogP contribution in [-0.2, 0) is 0 Å². The summed E-state index contributed by atoms with van der Waals surface area (Å²) in [7, 11) is 3.15. The van der Waals surface area contributed by atoms with E-state index in [9.17, 15) is 0 Å². The van der Waals surface area contributed by atoms with Crippen LogP contribution < -0.4 is 20.5 Å². The van der Waals surface area contributed by atoms with Crippen molar-refractivity contribution < 1.29 is 9.47 Å². The van der Waals surface area contributed by atoms with Crippen LogP contribution in [0.15, 0.2) is 23.2 Å². The highest BCUT2D eigenvalue weighted by atomic mass is 32.1. The Labute approximate surface area is 99.3 Å². The van der Waals surface area contributed by atoms with Crippen molar-refractivity contribution in [1.82, 2.24) is 0 Å². The van der Waals surface area contributed by atoms with Crippen LogP contribution in [0.5, 0.6) is 11.5 Å². The molecule has 1 aromatic rings. The van der Waals surface area contributed by atoms with Crippen molar-refractivity contribution in [1.29, 1.82) is 0 Å². The molecule has 0 bridgehead atoms. The molecule has 0 fully saturated rings. The first kappa shape index (κ1) is 12.3. The third-order valence-corrected chi connectivity index (χ3v) is 2.03. The number of nitrogens with zero attached hydrogens (tertiary/aromatic N) is 1. The minimum atomic E-state index is 0.287. The second-order valence-electron chi connectivity index (χ2n) is 2.78. The van der Waals surface area contributed by atoms with Gasteiger partial charge in [-0.3, -0.25) is 0 Å². The smallest absolute Gasteiger partial charge is 0.198 e. The molecule has 3 N–H and O–H groups in total. The molecule has 0 aliphatic carbocycles. The molecular formula is C10H13N3O2S. The molecule has 0 radical (unpaired) electrons. The number of ether oxygens (including phenoxy) is 2. The largest absolute Gasteiger partial charge is 0.493 e. The van der Waals surface area contributed by atoms with Gasteiger partial charge in [0.05, 0.1) is 20.6 Å². The number of anilines is 1. The minimum Gasteiger partial charge on any atom is -0.493 e. The van der Waals surface area contributed by atoms with Gasteiger partial charge in [-0.25, -0.2) is 4.99 Å². The summed E-state index contributed by atoms with van der Waals surface area (Å²) in [6.45, 7) is 0. The Balaban J connectivity index is 2.86. The molecule has 5 nitrogen and oxygen atoms in total. The summed E-state index contributed by atoms with van der Waals surface area (Å²) in [5, 5.41) is 3.17. The van der Waals surface area contributed by atoms with Crippen molar-refractivity contribution in [2.75, 3.05) is 19.5 Å². The zero-order valence-electron chi connectivity index (χ0n) is 9.06. The molecular weight excluding hydrogens is 226 g/mol. The van der Waals surface area contributed by atoms with Gasteiger partial charge in [0, 0.05) is 11.8 Å². The molecule has 0 spiro atoms. The SMILES string of the molecule is COc1ccc(NC(=S)/N=C/N)cc1OC. The standard InChI is InChI=1S/C10H13N3O2S/c1-14-8-4-3-7(5-9(8)15-2)13-10(16)12-6-11/h3-6H,1-2H3,(H3,11,12,13,16). The summed E-state index contributed by atoms with van der Waals surface area (Å²) in [4.78, 5) is 3.72. The third kappa shape index (κ3) is 3.09. The van der Waals surface area contributed by atoms with Crippen molar-refractivity contribution in [2.45, 2.75) is 0 Å². The summed E-state index contributed by atoms with van der Waals surface area (Å²) in [5.74, 6) is 1.27. The Morgan fingerprint density at radius 1 is 1.38 bits per heavy atom. The number of methoxy groups -OCH3 is 2. The molecule has 0 heterocycles. The molecule has 6 heteroatoms. The van der Waals surface area contributed by atoms with E-state index in [4.69, 9.17) is 27.4 Å². The molecule has 0 atom stereocenters. The van der Waals surface area contributed by atoms with E-state index in [1.807, 2.05) is 0 Å². The van der Waals surface area contributed by atoms with E-state index in [1.165, 1.54) is 0 Å². The molecule has 0 saturated carbocycles. The van der Waals surface area contributed by atoms with Crippen LogP contribution in [0.3, 0.4) is 0 Å². The van der Waals surface area contributed by atoms with Crippen molar-refractivity contribution in [2.24, 2.45) is 10.7 Å². The fraction of sp³-hybridized carbons (Fsp3) is 0.200. The molecule has 86 valence electrons. The molecule has 0 aromatic heterocycles. The summed E-state index contributed by atoms with van der Waals surface area (Å²) < 4.78 is 10.3. The monoisotopic (exact) mass is 239 g/mol. The Hall–Kier alpha value is -1.82. The summed E-state index contributed by atoms with van der Waals surface area (Å²) in [5.41, 5.74) is 5.88. The summed E-state index contributed by atoms with van der Waals surface area (Å²) in [6.07, 6.45) is 1.14. The minimum absolute atomic E-state index is 0.287. The van der Waals surface area contributed by atoms with Crippen LogP contribution in [0.4, 0.5) is 5.69 Å². The van der Waals surface area contributed by atoms with Gasteiger partial charge in [-0.2, -0.15) is 0 Å². The van der Waals surface area contributed by atoms with Crippen LogP contribution in [0.25, 0.3) is 0 Å². The molecule has 0 aliphatic heterocycles. The number of hydrogen-bond acceptors (Lipinski definition) is 3. The van der Waals surface area contributed by atoms with Gasteiger partial charge in [-0.1, -0.05) is 0 Å². The molecule has 1 aromatic carbocycles. The molecule has 16 heavy (non-hydrogen) atoms. The first-order valence-electron chi connectivity index (χ1n) is 4.48. The zero-order chi connectivity index (χ0) is 12.0. The van der Waals surface area contributed by atoms with Crippen molar-refractivity contribution in [3.05, 3.63) is 18.2 Å². The maximum absolute atomic E-state index is 5.15. The first-order valence-corrected chi connectivity index (χ1v) is 4.89. The van der Waals surface area contributed by atoms with Crippen LogP contribution >= 0.6 is 12.2 Å².